The molecule has 2 aromatic carbocycles. The van der Waals surface area contributed by atoms with Crippen molar-refractivity contribution in [1.29, 1.82) is 0 Å². The Hall–Kier alpha value is -2.92. The summed E-state index contributed by atoms with van der Waals surface area (Å²) in [4.78, 5) is 32.2. The molecule has 5 nitrogen and oxygen atoms in total. The highest BCUT2D eigenvalue weighted by Gasteiger charge is 2.41. The van der Waals surface area contributed by atoms with Crippen LogP contribution in [0, 0.1) is 0 Å². The largest absolute Gasteiger partial charge is 0.364 e. The number of nitrogens with zero attached hydrogens (tertiary/aromatic N) is 3. The van der Waals surface area contributed by atoms with E-state index in [1.54, 1.807) is 0 Å². The molecule has 2 aromatic rings. The number of hydrogen-bond donors (Lipinski definition) is 0. The fourth-order valence-electron chi connectivity index (χ4n) is 4.12. The predicted octanol–water partition coefficient (Wildman–Crippen LogP) is 2.99. The third-order valence-corrected chi connectivity index (χ3v) is 5.59. The molecule has 29 heavy (non-hydrogen) atoms. The van der Waals surface area contributed by atoms with E-state index in [1.807, 2.05) is 43.3 Å². The minimum absolute atomic E-state index is 0.146. The second-order valence-corrected chi connectivity index (χ2v) is 7.60. The molecule has 0 N–H and O–H groups in total. The van der Waals surface area contributed by atoms with Gasteiger partial charge in [-0.2, -0.15) is 0 Å². The number of benzene rings is 2. The maximum absolute atomic E-state index is 13.2. The van der Waals surface area contributed by atoms with Crippen molar-refractivity contribution in [2.45, 2.75) is 19.9 Å². The van der Waals surface area contributed by atoms with Gasteiger partial charge in [0.2, 0.25) is 0 Å². The molecule has 150 valence electrons. The first-order valence-electron chi connectivity index (χ1n) is 10.4. The standard InChI is InChI=1S/C24H27N3O2/c1-2-13-27-23(28)21(20-11-7-4-8-12-20)22(24(27)29)26-16-14-25(15-17-26)18-19-9-5-3-6-10-19/h3-12H,2,13-18H2,1H3. The van der Waals surface area contributed by atoms with Crippen LogP contribution in [0.1, 0.15) is 24.5 Å². The molecule has 5 heteroatoms. The molecule has 4 rings (SSSR count). The maximum atomic E-state index is 13.2. The third kappa shape index (κ3) is 3.96. The molecule has 0 unspecified atom stereocenters. The normalized spacial score (nSPS) is 18.1. The topological polar surface area (TPSA) is 43.9 Å². The van der Waals surface area contributed by atoms with Crippen molar-refractivity contribution in [3.8, 4) is 0 Å². The number of imide groups is 1. The summed E-state index contributed by atoms with van der Waals surface area (Å²) in [6.45, 7) is 6.60. The molecule has 0 radical (unpaired) electrons. The van der Waals surface area contributed by atoms with Crippen LogP contribution in [-0.2, 0) is 16.1 Å². The van der Waals surface area contributed by atoms with Crippen LogP contribution >= 0.6 is 0 Å². The van der Waals surface area contributed by atoms with Gasteiger partial charge in [-0.25, -0.2) is 0 Å². The van der Waals surface area contributed by atoms with Crippen molar-refractivity contribution in [1.82, 2.24) is 14.7 Å². The van der Waals surface area contributed by atoms with Crippen LogP contribution in [0.3, 0.4) is 0 Å². The Balaban J connectivity index is 1.55. The molecule has 0 atom stereocenters. The van der Waals surface area contributed by atoms with Crippen LogP contribution in [0.25, 0.3) is 5.57 Å². The Morgan fingerprint density at radius 3 is 2.03 bits per heavy atom. The van der Waals surface area contributed by atoms with E-state index >= 15 is 0 Å². The smallest absolute Gasteiger partial charge is 0.277 e. The van der Waals surface area contributed by atoms with Gasteiger partial charge < -0.3 is 4.90 Å². The molecule has 0 aliphatic carbocycles. The predicted molar refractivity (Wildman–Crippen MR) is 114 cm³/mol. The monoisotopic (exact) mass is 389 g/mol. The highest BCUT2D eigenvalue weighted by Crippen LogP contribution is 2.32. The molecule has 1 saturated heterocycles. The second kappa shape index (κ2) is 8.62. The summed E-state index contributed by atoms with van der Waals surface area (Å²) in [6.07, 6.45) is 0.762. The number of carbonyl (C=O) groups is 2. The van der Waals surface area contributed by atoms with Crippen LogP contribution in [0.15, 0.2) is 66.4 Å². The summed E-state index contributed by atoms with van der Waals surface area (Å²) in [5.41, 5.74) is 3.26. The first-order chi connectivity index (χ1) is 14.2. The molecule has 1 fully saturated rings. The van der Waals surface area contributed by atoms with Crippen molar-refractivity contribution < 1.29 is 9.59 Å². The van der Waals surface area contributed by atoms with Crippen molar-refractivity contribution in [3.63, 3.8) is 0 Å². The fourth-order valence-corrected chi connectivity index (χ4v) is 4.12. The van der Waals surface area contributed by atoms with Gasteiger partial charge in [0.05, 0.1) is 5.57 Å². The third-order valence-electron chi connectivity index (χ3n) is 5.59. The van der Waals surface area contributed by atoms with Gasteiger partial charge in [0.1, 0.15) is 5.70 Å². The van der Waals surface area contributed by atoms with Gasteiger partial charge in [0, 0.05) is 39.3 Å². The van der Waals surface area contributed by atoms with E-state index in [-0.39, 0.29) is 11.8 Å². The van der Waals surface area contributed by atoms with Gasteiger partial charge in [-0.1, -0.05) is 67.6 Å². The number of amides is 2. The van der Waals surface area contributed by atoms with E-state index in [9.17, 15) is 9.59 Å². The Labute approximate surface area is 172 Å². The quantitative estimate of drug-likeness (QED) is 0.713. The maximum Gasteiger partial charge on any atom is 0.277 e. The summed E-state index contributed by atoms with van der Waals surface area (Å²) >= 11 is 0. The van der Waals surface area contributed by atoms with Crippen LogP contribution in [0.4, 0.5) is 0 Å². The lowest BCUT2D eigenvalue weighted by atomic mass is 10.0. The van der Waals surface area contributed by atoms with E-state index in [0.717, 1.165) is 44.7 Å². The molecule has 2 aliphatic heterocycles. The van der Waals surface area contributed by atoms with Gasteiger partial charge in [0.15, 0.2) is 0 Å². The zero-order chi connectivity index (χ0) is 20.2. The van der Waals surface area contributed by atoms with Gasteiger partial charge in [0.25, 0.3) is 11.8 Å². The number of rotatable bonds is 6. The van der Waals surface area contributed by atoms with Crippen molar-refractivity contribution in [3.05, 3.63) is 77.5 Å². The molecule has 0 spiro atoms. The Morgan fingerprint density at radius 1 is 0.793 bits per heavy atom. The Morgan fingerprint density at radius 2 is 1.41 bits per heavy atom. The zero-order valence-corrected chi connectivity index (χ0v) is 16.9. The Kier molecular flexibility index (Phi) is 5.76. The van der Waals surface area contributed by atoms with Gasteiger partial charge in [-0.3, -0.25) is 19.4 Å². The van der Waals surface area contributed by atoms with Crippen molar-refractivity contribution >= 4 is 17.4 Å². The summed E-state index contributed by atoms with van der Waals surface area (Å²) in [5.74, 6) is -0.308. The molecule has 0 bridgehead atoms. The molecule has 2 heterocycles. The summed E-state index contributed by atoms with van der Waals surface area (Å²) in [6, 6.07) is 20.0. The van der Waals surface area contributed by atoms with Crippen LogP contribution in [0.5, 0.6) is 0 Å². The first-order valence-corrected chi connectivity index (χ1v) is 10.4. The molecule has 0 saturated carbocycles. The van der Waals surface area contributed by atoms with E-state index in [1.165, 1.54) is 10.5 Å². The number of piperazine rings is 1. The van der Waals surface area contributed by atoms with E-state index in [2.05, 4.69) is 34.1 Å². The molecule has 0 aromatic heterocycles. The number of carbonyl (C=O) groups excluding carboxylic acids is 2. The highest BCUT2D eigenvalue weighted by atomic mass is 16.2. The zero-order valence-electron chi connectivity index (χ0n) is 16.9. The minimum Gasteiger partial charge on any atom is -0.364 e. The number of hydrogen-bond acceptors (Lipinski definition) is 4. The average molecular weight is 389 g/mol. The molecular weight excluding hydrogens is 362 g/mol. The lowest BCUT2D eigenvalue weighted by Crippen LogP contribution is -2.47. The van der Waals surface area contributed by atoms with Gasteiger partial charge in [-0.15, -0.1) is 0 Å². The lowest BCUT2D eigenvalue weighted by Gasteiger charge is -2.36. The molecule has 2 aliphatic rings. The van der Waals surface area contributed by atoms with Crippen molar-refractivity contribution in [2.75, 3.05) is 32.7 Å². The Bertz CT molecular complexity index is 900. The summed E-state index contributed by atoms with van der Waals surface area (Å²) in [7, 11) is 0. The summed E-state index contributed by atoms with van der Waals surface area (Å²) < 4.78 is 0. The van der Waals surface area contributed by atoms with Gasteiger partial charge >= 0.3 is 0 Å². The van der Waals surface area contributed by atoms with Crippen LogP contribution in [-0.4, -0.2) is 59.2 Å². The average Bonchev–Trinajstić information content (AvgIpc) is 3.01. The SMILES string of the molecule is CCCN1C(=O)C(c2ccccc2)=C(N2CCN(Cc3ccccc3)CC2)C1=O. The fraction of sp³-hybridized carbons (Fsp3) is 0.333. The second-order valence-electron chi connectivity index (χ2n) is 7.60. The van der Waals surface area contributed by atoms with Crippen LogP contribution in [0.2, 0.25) is 0 Å². The molecule has 2 amide bonds. The van der Waals surface area contributed by atoms with E-state index < -0.39 is 0 Å². The van der Waals surface area contributed by atoms with E-state index in [0.29, 0.717) is 17.8 Å². The van der Waals surface area contributed by atoms with Crippen LogP contribution < -0.4 is 0 Å². The van der Waals surface area contributed by atoms with Gasteiger partial charge in [-0.05, 0) is 17.5 Å². The highest BCUT2D eigenvalue weighted by molar-refractivity contribution is 6.35. The molecular formula is C24H27N3O2. The summed E-state index contributed by atoms with van der Waals surface area (Å²) in [5, 5.41) is 0. The lowest BCUT2D eigenvalue weighted by molar-refractivity contribution is -0.137. The van der Waals surface area contributed by atoms with E-state index in [4.69, 9.17) is 0 Å². The minimum atomic E-state index is -0.162. The first kappa shape index (κ1) is 19.4. The van der Waals surface area contributed by atoms with Crippen molar-refractivity contribution in [2.24, 2.45) is 0 Å².